The van der Waals surface area contributed by atoms with E-state index in [1.807, 2.05) is 16.7 Å². The van der Waals surface area contributed by atoms with Crippen molar-refractivity contribution < 1.29 is 14.1 Å². The van der Waals surface area contributed by atoms with Gasteiger partial charge in [0.15, 0.2) is 5.82 Å². The van der Waals surface area contributed by atoms with Crippen LogP contribution in [0, 0.1) is 18.8 Å². The van der Waals surface area contributed by atoms with E-state index in [2.05, 4.69) is 10.1 Å². The number of nitrogens with two attached hydrogens (primary N) is 1. The molecule has 0 aliphatic carbocycles. The zero-order valence-corrected chi connectivity index (χ0v) is 14.8. The van der Waals surface area contributed by atoms with E-state index in [0.29, 0.717) is 24.2 Å². The fourth-order valence-corrected chi connectivity index (χ4v) is 3.91. The lowest BCUT2D eigenvalue weighted by Crippen LogP contribution is -2.48. The molecule has 0 aromatic carbocycles. The van der Waals surface area contributed by atoms with Crippen LogP contribution in [0.25, 0.3) is 0 Å². The third kappa shape index (κ3) is 4.78. The summed E-state index contributed by atoms with van der Waals surface area (Å²) in [5.74, 6) is 1.73. The molecular formula is C17H27N5O3. The summed E-state index contributed by atoms with van der Waals surface area (Å²) in [5.41, 5.74) is 5.27. The Kier molecular flexibility index (Phi) is 5.67. The Morgan fingerprint density at radius 2 is 2.00 bits per heavy atom. The second-order valence-electron chi connectivity index (χ2n) is 7.25. The smallest absolute Gasteiger partial charge is 0.231 e. The van der Waals surface area contributed by atoms with Crippen molar-refractivity contribution in [2.75, 3.05) is 32.7 Å². The van der Waals surface area contributed by atoms with E-state index in [1.54, 1.807) is 0 Å². The number of hydrogen-bond acceptors (Lipinski definition) is 6. The molecule has 2 aliphatic heterocycles. The van der Waals surface area contributed by atoms with E-state index in [-0.39, 0.29) is 24.3 Å². The first kappa shape index (κ1) is 17.8. The number of carbonyl (C=O) groups excluding carboxylic acids is 2. The van der Waals surface area contributed by atoms with Gasteiger partial charge in [-0.2, -0.15) is 4.98 Å². The van der Waals surface area contributed by atoms with Crippen molar-refractivity contribution in [3.05, 3.63) is 11.7 Å². The standard InChI is InChI=1S/C17H27N5O3/c1-12-19-16(25-20-12)9-13-4-7-22(8-5-13)17(24)14-3-2-6-21(10-14)11-15(18)23/h13-14H,2-11H2,1H3,(H2,18,23)/t14-/m1/s1. The lowest BCUT2D eigenvalue weighted by Gasteiger charge is -2.37. The van der Waals surface area contributed by atoms with Crippen molar-refractivity contribution in [2.24, 2.45) is 17.6 Å². The fourth-order valence-electron chi connectivity index (χ4n) is 3.91. The van der Waals surface area contributed by atoms with Crippen LogP contribution in [0.2, 0.25) is 0 Å². The van der Waals surface area contributed by atoms with Gasteiger partial charge in [-0.15, -0.1) is 0 Å². The maximum Gasteiger partial charge on any atom is 0.231 e. The van der Waals surface area contributed by atoms with Crippen molar-refractivity contribution in [1.29, 1.82) is 0 Å². The highest BCUT2D eigenvalue weighted by Gasteiger charge is 2.32. The van der Waals surface area contributed by atoms with Gasteiger partial charge < -0.3 is 15.2 Å². The number of amides is 2. The van der Waals surface area contributed by atoms with Gasteiger partial charge in [0.1, 0.15) is 0 Å². The predicted molar refractivity (Wildman–Crippen MR) is 90.4 cm³/mol. The zero-order chi connectivity index (χ0) is 17.8. The Labute approximate surface area is 147 Å². The maximum atomic E-state index is 12.8. The highest BCUT2D eigenvalue weighted by Crippen LogP contribution is 2.25. The summed E-state index contributed by atoms with van der Waals surface area (Å²) in [6, 6.07) is 0. The van der Waals surface area contributed by atoms with Gasteiger partial charge in [-0.1, -0.05) is 5.16 Å². The van der Waals surface area contributed by atoms with Crippen LogP contribution in [0.1, 0.15) is 37.4 Å². The monoisotopic (exact) mass is 349 g/mol. The normalized spacial score (nSPS) is 22.9. The van der Waals surface area contributed by atoms with E-state index in [9.17, 15) is 9.59 Å². The molecule has 8 nitrogen and oxygen atoms in total. The highest BCUT2D eigenvalue weighted by atomic mass is 16.5. The predicted octanol–water partition coefficient (Wildman–Crippen LogP) is 0.356. The molecule has 2 amide bonds. The van der Waals surface area contributed by atoms with Crippen LogP contribution < -0.4 is 5.73 Å². The molecule has 3 heterocycles. The molecule has 0 bridgehead atoms. The van der Waals surface area contributed by atoms with Crippen LogP contribution in [-0.4, -0.2) is 64.5 Å². The van der Waals surface area contributed by atoms with Gasteiger partial charge >= 0.3 is 0 Å². The molecular weight excluding hydrogens is 322 g/mol. The van der Waals surface area contributed by atoms with Crippen LogP contribution in [0.15, 0.2) is 4.52 Å². The molecule has 3 rings (SSSR count). The SMILES string of the molecule is Cc1noc(CC2CCN(C(=O)[C@@H]3CCCN(CC(N)=O)C3)CC2)n1. The summed E-state index contributed by atoms with van der Waals surface area (Å²) < 4.78 is 5.20. The maximum absolute atomic E-state index is 12.8. The highest BCUT2D eigenvalue weighted by molar-refractivity contribution is 5.79. The minimum atomic E-state index is -0.329. The van der Waals surface area contributed by atoms with E-state index in [1.165, 1.54) is 0 Å². The number of rotatable bonds is 5. The molecule has 2 fully saturated rings. The van der Waals surface area contributed by atoms with Gasteiger partial charge in [0, 0.05) is 26.1 Å². The Morgan fingerprint density at radius 1 is 1.24 bits per heavy atom. The number of likely N-dealkylation sites (tertiary alicyclic amines) is 2. The van der Waals surface area contributed by atoms with Crippen LogP contribution in [0.3, 0.4) is 0 Å². The van der Waals surface area contributed by atoms with Crippen molar-refractivity contribution >= 4 is 11.8 Å². The number of carbonyl (C=O) groups is 2. The van der Waals surface area contributed by atoms with Crippen molar-refractivity contribution in [2.45, 2.75) is 39.0 Å². The average Bonchev–Trinajstić information content (AvgIpc) is 2.99. The summed E-state index contributed by atoms with van der Waals surface area (Å²) in [5, 5.41) is 3.83. The van der Waals surface area contributed by atoms with Crippen LogP contribution in [-0.2, 0) is 16.0 Å². The van der Waals surface area contributed by atoms with Crippen molar-refractivity contribution in [3.8, 4) is 0 Å². The minimum Gasteiger partial charge on any atom is -0.369 e. The van der Waals surface area contributed by atoms with Gasteiger partial charge in [-0.25, -0.2) is 0 Å². The molecule has 0 radical (unpaired) electrons. The fraction of sp³-hybridized carbons (Fsp3) is 0.765. The van der Waals surface area contributed by atoms with Gasteiger partial charge in [0.2, 0.25) is 17.7 Å². The van der Waals surface area contributed by atoms with Crippen molar-refractivity contribution in [3.63, 3.8) is 0 Å². The Bertz CT molecular complexity index is 609. The Balaban J connectivity index is 1.47. The summed E-state index contributed by atoms with van der Waals surface area (Å²) >= 11 is 0. The number of nitrogens with zero attached hydrogens (tertiary/aromatic N) is 4. The average molecular weight is 349 g/mol. The molecule has 25 heavy (non-hydrogen) atoms. The number of aromatic nitrogens is 2. The summed E-state index contributed by atoms with van der Waals surface area (Å²) in [4.78, 5) is 32.1. The molecule has 2 N–H and O–H groups in total. The summed E-state index contributed by atoms with van der Waals surface area (Å²) in [6.07, 6.45) is 4.56. The second kappa shape index (κ2) is 7.95. The molecule has 0 spiro atoms. The summed E-state index contributed by atoms with van der Waals surface area (Å²) in [7, 11) is 0. The first-order valence-electron chi connectivity index (χ1n) is 9.10. The van der Waals surface area contributed by atoms with Gasteiger partial charge in [-0.05, 0) is 45.1 Å². The number of primary amides is 1. The molecule has 1 aromatic heterocycles. The molecule has 1 aromatic rings. The van der Waals surface area contributed by atoms with Crippen LogP contribution >= 0.6 is 0 Å². The largest absolute Gasteiger partial charge is 0.369 e. The lowest BCUT2D eigenvalue weighted by molar-refractivity contribution is -0.139. The molecule has 1 atom stereocenters. The molecule has 0 unspecified atom stereocenters. The first-order valence-corrected chi connectivity index (χ1v) is 9.10. The third-order valence-electron chi connectivity index (χ3n) is 5.19. The topological polar surface area (TPSA) is 106 Å². The Hall–Kier alpha value is -1.96. The first-order chi connectivity index (χ1) is 12.0. The number of piperidine rings is 2. The number of hydrogen-bond donors (Lipinski definition) is 1. The van der Waals surface area contributed by atoms with E-state index in [0.717, 1.165) is 51.7 Å². The second-order valence-corrected chi connectivity index (χ2v) is 7.25. The van der Waals surface area contributed by atoms with Crippen LogP contribution in [0.5, 0.6) is 0 Å². The quantitative estimate of drug-likeness (QED) is 0.822. The summed E-state index contributed by atoms with van der Waals surface area (Å²) in [6.45, 7) is 5.11. The van der Waals surface area contributed by atoms with E-state index >= 15 is 0 Å². The van der Waals surface area contributed by atoms with E-state index in [4.69, 9.17) is 10.3 Å². The number of aryl methyl sites for hydroxylation is 1. The van der Waals surface area contributed by atoms with Gasteiger partial charge in [-0.3, -0.25) is 14.5 Å². The van der Waals surface area contributed by atoms with Crippen LogP contribution in [0.4, 0.5) is 0 Å². The van der Waals surface area contributed by atoms with Gasteiger partial charge in [0.05, 0.1) is 12.5 Å². The lowest BCUT2D eigenvalue weighted by atomic mass is 9.91. The molecule has 2 saturated heterocycles. The molecule has 2 aliphatic rings. The minimum absolute atomic E-state index is 0.0109. The molecule has 138 valence electrons. The van der Waals surface area contributed by atoms with Gasteiger partial charge in [0.25, 0.3) is 0 Å². The van der Waals surface area contributed by atoms with Crippen molar-refractivity contribution in [1.82, 2.24) is 19.9 Å². The molecule has 0 saturated carbocycles. The molecule has 8 heteroatoms. The Morgan fingerprint density at radius 3 is 2.64 bits per heavy atom. The third-order valence-corrected chi connectivity index (χ3v) is 5.19. The zero-order valence-electron chi connectivity index (χ0n) is 14.8. The van der Waals surface area contributed by atoms with E-state index < -0.39 is 0 Å².